The van der Waals surface area contributed by atoms with Crippen LogP contribution in [0.25, 0.3) is 11.1 Å². The molecule has 0 atom stereocenters. The van der Waals surface area contributed by atoms with Gasteiger partial charge in [0, 0.05) is 33.2 Å². The minimum Gasteiger partial charge on any atom is -0.408 e. The molecule has 0 radical (unpaired) electrons. The number of nitrogens with one attached hydrogen (secondary N) is 1. The first-order valence-corrected chi connectivity index (χ1v) is 7.25. The van der Waals surface area contributed by atoms with E-state index < -0.39 is 0 Å². The summed E-state index contributed by atoms with van der Waals surface area (Å²) in [5, 5.41) is 3.37. The van der Waals surface area contributed by atoms with Crippen molar-refractivity contribution >= 4 is 11.1 Å². The summed E-state index contributed by atoms with van der Waals surface area (Å²) in [5.41, 5.74) is 2.82. The Bertz CT molecular complexity index is 638. The predicted molar refractivity (Wildman–Crippen MR) is 79.1 cm³/mol. The molecular formula is C15H21N3O2. The molecule has 0 unspecified atom stereocenters. The maximum absolute atomic E-state index is 11.5. The molecule has 0 amide bonds. The Kier molecular flexibility index (Phi) is 3.89. The van der Waals surface area contributed by atoms with Gasteiger partial charge in [-0.3, -0.25) is 4.57 Å². The van der Waals surface area contributed by atoms with Gasteiger partial charge in [0.05, 0.1) is 5.52 Å². The second-order valence-corrected chi connectivity index (χ2v) is 5.42. The average molecular weight is 275 g/mol. The fourth-order valence-electron chi connectivity index (χ4n) is 2.77. The molecule has 108 valence electrons. The average Bonchev–Trinajstić information content (AvgIpc) is 2.76. The van der Waals surface area contributed by atoms with Crippen LogP contribution in [0.4, 0.5) is 0 Å². The lowest BCUT2D eigenvalue weighted by Gasteiger charge is -2.27. The zero-order valence-electron chi connectivity index (χ0n) is 11.9. The van der Waals surface area contributed by atoms with Crippen molar-refractivity contribution in [3.63, 3.8) is 0 Å². The minimum absolute atomic E-state index is 0.294. The number of piperazine rings is 1. The van der Waals surface area contributed by atoms with E-state index in [1.807, 2.05) is 6.07 Å². The maximum atomic E-state index is 11.5. The highest BCUT2D eigenvalue weighted by atomic mass is 16.4. The Balaban J connectivity index is 1.62. The molecule has 1 aliphatic rings. The van der Waals surface area contributed by atoms with Crippen molar-refractivity contribution in [3.8, 4) is 0 Å². The van der Waals surface area contributed by atoms with Crippen LogP contribution in [0.3, 0.4) is 0 Å². The van der Waals surface area contributed by atoms with Crippen LogP contribution in [-0.2, 0) is 13.5 Å². The second kappa shape index (κ2) is 5.81. The number of aromatic nitrogens is 1. The number of aryl methyl sites for hydroxylation is 2. The van der Waals surface area contributed by atoms with E-state index >= 15 is 0 Å². The molecule has 2 aromatic rings. The van der Waals surface area contributed by atoms with Crippen molar-refractivity contribution in [1.29, 1.82) is 0 Å². The molecule has 1 aliphatic heterocycles. The van der Waals surface area contributed by atoms with Gasteiger partial charge in [-0.2, -0.15) is 0 Å². The fraction of sp³-hybridized carbons (Fsp3) is 0.533. The van der Waals surface area contributed by atoms with Crippen molar-refractivity contribution in [2.24, 2.45) is 7.05 Å². The summed E-state index contributed by atoms with van der Waals surface area (Å²) in [6, 6.07) is 6.03. The largest absolute Gasteiger partial charge is 0.419 e. The minimum atomic E-state index is -0.294. The molecule has 5 heteroatoms. The third-order valence-electron chi connectivity index (χ3n) is 4.01. The van der Waals surface area contributed by atoms with Gasteiger partial charge >= 0.3 is 5.76 Å². The Morgan fingerprint density at radius 3 is 2.90 bits per heavy atom. The summed E-state index contributed by atoms with van der Waals surface area (Å²) in [6.07, 6.45) is 2.19. The van der Waals surface area contributed by atoms with E-state index in [9.17, 15) is 4.79 Å². The van der Waals surface area contributed by atoms with Crippen LogP contribution in [0.1, 0.15) is 12.0 Å². The number of nitrogens with zero attached hydrogens (tertiary/aromatic N) is 2. The van der Waals surface area contributed by atoms with Gasteiger partial charge < -0.3 is 14.6 Å². The lowest BCUT2D eigenvalue weighted by molar-refractivity contribution is 0.238. The predicted octanol–water partition coefficient (Wildman–Crippen LogP) is 0.969. The monoisotopic (exact) mass is 275 g/mol. The highest BCUT2D eigenvalue weighted by Crippen LogP contribution is 2.15. The molecule has 0 spiro atoms. The summed E-state index contributed by atoms with van der Waals surface area (Å²) < 4.78 is 6.71. The molecule has 2 heterocycles. The molecule has 1 aromatic carbocycles. The quantitative estimate of drug-likeness (QED) is 0.903. The van der Waals surface area contributed by atoms with E-state index in [1.54, 1.807) is 11.6 Å². The highest BCUT2D eigenvalue weighted by molar-refractivity contribution is 5.73. The molecule has 20 heavy (non-hydrogen) atoms. The molecule has 0 saturated carbocycles. The van der Waals surface area contributed by atoms with Crippen molar-refractivity contribution < 1.29 is 4.42 Å². The van der Waals surface area contributed by atoms with E-state index in [1.165, 1.54) is 5.56 Å². The lowest BCUT2D eigenvalue weighted by atomic mass is 10.1. The SMILES string of the molecule is Cn1c(=O)oc2ccc(CCCN3CCNCC3)cc21. The zero-order valence-corrected chi connectivity index (χ0v) is 11.9. The van der Waals surface area contributed by atoms with E-state index in [-0.39, 0.29) is 5.76 Å². The van der Waals surface area contributed by atoms with Gasteiger partial charge in [-0.15, -0.1) is 0 Å². The molecule has 0 bridgehead atoms. The number of hydrogen-bond acceptors (Lipinski definition) is 4. The Hall–Kier alpha value is -1.59. The van der Waals surface area contributed by atoms with Gasteiger partial charge in [0.1, 0.15) is 0 Å². The molecule has 5 nitrogen and oxygen atoms in total. The van der Waals surface area contributed by atoms with Gasteiger partial charge in [-0.1, -0.05) is 6.07 Å². The number of benzene rings is 1. The van der Waals surface area contributed by atoms with Gasteiger partial charge in [0.15, 0.2) is 5.58 Å². The summed E-state index contributed by atoms with van der Waals surface area (Å²) in [5.74, 6) is -0.294. The highest BCUT2D eigenvalue weighted by Gasteiger charge is 2.09. The van der Waals surface area contributed by atoms with Crippen LogP contribution in [0, 0.1) is 0 Å². The van der Waals surface area contributed by atoms with Crippen LogP contribution in [-0.4, -0.2) is 42.2 Å². The molecule has 0 aliphatic carbocycles. The van der Waals surface area contributed by atoms with Crippen LogP contribution >= 0.6 is 0 Å². The van der Waals surface area contributed by atoms with Crippen LogP contribution in [0.2, 0.25) is 0 Å². The van der Waals surface area contributed by atoms with Crippen molar-refractivity contribution in [1.82, 2.24) is 14.8 Å². The van der Waals surface area contributed by atoms with Gasteiger partial charge in [-0.05, 0) is 37.1 Å². The Labute approximate surface area is 118 Å². The first kappa shape index (κ1) is 13.4. The topological polar surface area (TPSA) is 50.4 Å². The molecular weight excluding hydrogens is 254 g/mol. The van der Waals surface area contributed by atoms with Gasteiger partial charge in [0.2, 0.25) is 0 Å². The standard InChI is InChI=1S/C15H21N3O2/c1-17-13-11-12(4-5-14(13)20-15(17)19)3-2-8-18-9-6-16-7-10-18/h4-5,11,16H,2-3,6-10H2,1H3. The van der Waals surface area contributed by atoms with Gasteiger partial charge in [-0.25, -0.2) is 4.79 Å². The lowest BCUT2D eigenvalue weighted by Crippen LogP contribution is -2.43. The Morgan fingerprint density at radius 1 is 1.30 bits per heavy atom. The second-order valence-electron chi connectivity index (χ2n) is 5.42. The van der Waals surface area contributed by atoms with E-state index in [2.05, 4.69) is 22.3 Å². The third kappa shape index (κ3) is 2.78. The molecule has 1 fully saturated rings. The molecule has 1 N–H and O–H groups in total. The maximum Gasteiger partial charge on any atom is 0.419 e. The summed E-state index contributed by atoms with van der Waals surface area (Å²) in [4.78, 5) is 14.0. The van der Waals surface area contributed by atoms with Crippen LogP contribution in [0.5, 0.6) is 0 Å². The number of hydrogen-bond donors (Lipinski definition) is 1. The zero-order chi connectivity index (χ0) is 13.9. The molecule has 3 rings (SSSR count). The van der Waals surface area contributed by atoms with Gasteiger partial charge in [0.25, 0.3) is 0 Å². The smallest absolute Gasteiger partial charge is 0.408 e. The van der Waals surface area contributed by atoms with E-state index in [4.69, 9.17) is 4.42 Å². The third-order valence-corrected chi connectivity index (χ3v) is 4.01. The Morgan fingerprint density at radius 2 is 2.10 bits per heavy atom. The fourth-order valence-corrected chi connectivity index (χ4v) is 2.77. The normalized spacial score (nSPS) is 16.9. The first-order chi connectivity index (χ1) is 9.74. The number of fused-ring (bicyclic) bond motifs is 1. The summed E-state index contributed by atoms with van der Waals surface area (Å²) in [7, 11) is 1.75. The van der Waals surface area contributed by atoms with E-state index in [0.29, 0.717) is 5.58 Å². The van der Waals surface area contributed by atoms with Crippen molar-refractivity contribution in [3.05, 3.63) is 34.3 Å². The number of rotatable bonds is 4. The summed E-state index contributed by atoms with van der Waals surface area (Å²) in [6.45, 7) is 5.64. The first-order valence-electron chi connectivity index (χ1n) is 7.25. The van der Waals surface area contributed by atoms with Crippen LogP contribution < -0.4 is 11.1 Å². The number of oxazole rings is 1. The molecule has 1 saturated heterocycles. The van der Waals surface area contributed by atoms with Crippen molar-refractivity contribution in [2.75, 3.05) is 32.7 Å². The summed E-state index contributed by atoms with van der Waals surface area (Å²) >= 11 is 0. The molecule has 1 aromatic heterocycles. The van der Waals surface area contributed by atoms with Crippen LogP contribution in [0.15, 0.2) is 27.4 Å². The van der Waals surface area contributed by atoms with E-state index in [0.717, 1.165) is 51.1 Å². The van der Waals surface area contributed by atoms with Crippen molar-refractivity contribution in [2.45, 2.75) is 12.8 Å².